The SMILES string of the molecule is Cc1nc(CC(=O)NC(c2cnc3ccccc3c2)C2CC(O)C2)cs1. The van der Waals surface area contributed by atoms with Crippen molar-refractivity contribution in [2.24, 2.45) is 5.92 Å². The van der Waals surface area contributed by atoms with E-state index in [9.17, 15) is 9.90 Å². The van der Waals surface area contributed by atoms with E-state index in [1.54, 1.807) is 11.3 Å². The zero-order chi connectivity index (χ0) is 18.1. The molecule has 1 aromatic carbocycles. The van der Waals surface area contributed by atoms with Gasteiger partial charge in [-0.15, -0.1) is 11.3 Å². The number of nitrogens with zero attached hydrogens (tertiary/aromatic N) is 2. The fourth-order valence-corrected chi connectivity index (χ4v) is 4.12. The molecule has 2 heterocycles. The molecule has 6 heteroatoms. The summed E-state index contributed by atoms with van der Waals surface area (Å²) in [6.45, 7) is 1.94. The van der Waals surface area contributed by atoms with Gasteiger partial charge < -0.3 is 10.4 Å². The Hall–Kier alpha value is -2.31. The van der Waals surface area contributed by atoms with Crippen molar-refractivity contribution in [3.05, 3.63) is 58.2 Å². The van der Waals surface area contributed by atoms with Gasteiger partial charge in [-0.1, -0.05) is 18.2 Å². The molecule has 0 bridgehead atoms. The third-order valence-corrected chi connectivity index (χ3v) is 5.74. The first-order valence-corrected chi connectivity index (χ1v) is 9.69. The van der Waals surface area contributed by atoms with Crippen LogP contribution in [0.4, 0.5) is 0 Å². The second kappa shape index (κ2) is 7.13. The minimum Gasteiger partial charge on any atom is -0.393 e. The largest absolute Gasteiger partial charge is 0.393 e. The quantitative estimate of drug-likeness (QED) is 0.726. The molecule has 1 atom stereocenters. The maximum atomic E-state index is 12.6. The van der Waals surface area contributed by atoms with Gasteiger partial charge in [-0.25, -0.2) is 4.98 Å². The van der Waals surface area contributed by atoms with Gasteiger partial charge in [-0.2, -0.15) is 0 Å². The lowest BCUT2D eigenvalue weighted by atomic mass is 9.75. The monoisotopic (exact) mass is 367 g/mol. The fraction of sp³-hybridized carbons (Fsp3) is 0.350. The molecule has 26 heavy (non-hydrogen) atoms. The predicted molar refractivity (Wildman–Crippen MR) is 102 cm³/mol. The average Bonchev–Trinajstić information content (AvgIpc) is 3.01. The number of nitrogens with one attached hydrogen (secondary N) is 1. The Kier molecular flexibility index (Phi) is 4.70. The summed E-state index contributed by atoms with van der Waals surface area (Å²) in [6.07, 6.45) is 3.25. The number of thiazole rings is 1. The minimum absolute atomic E-state index is 0.0464. The van der Waals surface area contributed by atoms with Crippen molar-refractivity contribution >= 4 is 28.1 Å². The highest BCUT2D eigenvalue weighted by Gasteiger charge is 2.36. The number of pyridine rings is 1. The van der Waals surface area contributed by atoms with E-state index in [4.69, 9.17) is 0 Å². The summed E-state index contributed by atoms with van der Waals surface area (Å²) >= 11 is 1.55. The smallest absolute Gasteiger partial charge is 0.226 e. The van der Waals surface area contributed by atoms with Crippen LogP contribution in [0.3, 0.4) is 0 Å². The van der Waals surface area contributed by atoms with Crippen molar-refractivity contribution in [1.82, 2.24) is 15.3 Å². The van der Waals surface area contributed by atoms with E-state index >= 15 is 0 Å². The number of fused-ring (bicyclic) bond motifs is 1. The molecule has 1 unspecified atom stereocenters. The fourth-order valence-electron chi connectivity index (χ4n) is 3.51. The van der Waals surface area contributed by atoms with Gasteiger partial charge in [0, 0.05) is 17.0 Å². The predicted octanol–water partition coefficient (Wildman–Crippen LogP) is 3.17. The molecular weight excluding hydrogens is 346 g/mol. The highest BCUT2D eigenvalue weighted by atomic mass is 32.1. The summed E-state index contributed by atoms with van der Waals surface area (Å²) in [5, 5.41) is 16.8. The van der Waals surface area contributed by atoms with Crippen LogP contribution in [0.1, 0.15) is 35.1 Å². The van der Waals surface area contributed by atoms with Crippen molar-refractivity contribution in [2.45, 2.75) is 38.3 Å². The lowest BCUT2D eigenvalue weighted by Gasteiger charge is -2.38. The zero-order valence-electron chi connectivity index (χ0n) is 14.6. The Morgan fingerprint density at radius 1 is 1.38 bits per heavy atom. The number of aryl methyl sites for hydroxylation is 1. The standard InChI is InChI=1S/C20H21N3O2S/c1-12-22-16(11-26-12)9-19(25)23-20(14-7-17(24)8-14)15-6-13-4-2-3-5-18(13)21-10-15/h2-6,10-11,14,17,20,24H,7-9H2,1H3,(H,23,25). The first-order chi connectivity index (χ1) is 12.6. The summed E-state index contributed by atoms with van der Waals surface area (Å²) in [6, 6.07) is 9.90. The number of hydrogen-bond acceptors (Lipinski definition) is 5. The molecule has 4 rings (SSSR count). The van der Waals surface area contributed by atoms with E-state index in [1.165, 1.54) is 0 Å². The van der Waals surface area contributed by atoms with E-state index in [-0.39, 0.29) is 30.4 Å². The second-order valence-corrected chi connectivity index (χ2v) is 7.99. The van der Waals surface area contributed by atoms with Crippen LogP contribution >= 0.6 is 11.3 Å². The van der Waals surface area contributed by atoms with E-state index in [1.807, 2.05) is 42.8 Å². The van der Waals surface area contributed by atoms with Crippen LogP contribution in [0.5, 0.6) is 0 Å². The Morgan fingerprint density at radius 2 is 2.19 bits per heavy atom. The molecule has 0 aliphatic heterocycles. The van der Waals surface area contributed by atoms with Gasteiger partial charge in [-0.3, -0.25) is 9.78 Å². The van der Waals surface area contributed by atoms with E-state index < -0.39 is 0 Å². The molecule has 1 saturated carbocycles. The maximum Gasteiger partial charge on any atom is 0.226 e. The molecule has 1 fully saturated rings. The van der Waals surface area contributed by atoms with Crippen molar-refractivity contribution in [2.75, 3.05) is 0 Å². The zero-order valence-corrected chi connectivity index (χ0v) is 15.4. The van der Waals surface area contributed by atoms with Gasteiger partial charge >= 0.3 is 0 Å². The molecule has 134 valence electrons. The number of benzene rings is 1. The lowest BCUT2D eigenvalue weighted by molar-refractivity contribution is -0.122. The Bertz CT molecular complexity index is 933. The number of aliphatic hydroxyl groups is 1. The lowest BCUT2D eigenvalue weighted by Crippen LogP contribution is -2.42. The summed E-state index contributed by atoms with van der Waals surface area (Å²) in [5.74, 6) is 0.184. The van der Waals surface area contributed by atoms with Crippen LogP contribution in [0.15, 0.2) is 41.9 Å². The minimum atomic E-state index is -0.269. The molecule has 0 saturated heterocycles. The molecule has 0 radical (unpaired) electrons. The molecule has 2 aromatic heterocycles. The molecule has 1 aliphatic carbocycles. The maximum absolute atomic E-state index is 12.6. The number of carbonyl (C=O) groups excluding carboxylic acids is 1. The number of amides is 1. The summed E-state index contributed by atoms with van der Waals surface area (Å²) in [5.41, 5.74) is 2.73. The van der Waals surface area contributed by atoms with Crippen LogP contribution in [0.25, 0.3) is 10.9 Å². The molecule has 1 amide bonds. The summed E-state index contributed by atoms with van der Waals surface area (Å²) in [7, 11) is 0. The van der Waals surface area contributed by atoms with Crippen molar-refractivity contribution in [1.29, 1.82) is 0 Å². The molecular formula is C20H21N3O2S. The van der Waals surface area contributed by atoms with Gasteiger partial charge in [0.1, 0.15) is 0 Å². The number of aromatic nitrogens is 2. The van der Waals surface area contributed by atoms with Crippen LogP contribution in [-0.4, -0.2) is 27.1 Å². The highest BCUT2D eigenvalue weighted by Crippen LogP contribution is 2.38. The van der Waals surface area contributed by atoms with Crippen molar-refractivity contribution in [3.63, 3.8) is 0 Å². The van der Waals surface area contributed by atoms with Crippen LogP contribution < -0.4 is 5.32 Å². The van der Waals surface area contributed by atoms with Crippen LogP contribution in [0, 0.1) is 12.8 Å². The topological polar surface area (TPSA) is 75.1 Å². The van der Waals surface area contributed by atoms with Crippen molar-refractivity contribution < 1.29 is 9.90 Å². The van der Waals surface area contributed by atoms with Gasteiger partial charge in [0.25, 0.3) is 0 Å². The van der Waals surface area contributed by atoms with Gasteiger partial charge in [-0.05, 0) is 43.4 Å². The Morgan fingerprint density at radius 3 is 2.92 bits per heavy atom. The summed E-state index contributed by atoms with van der Waals surface area (Å²) < 4.78 is 0. The number of aliphatic hydroxyl groups excluding tert-OH is 1. The summed E-state index contributed by atoms with van der Waals surface area (Å²) in [4.78, 5) is 21.5. The van der Waals surface area contributed by atoms with E-state index in [2.05, 4.69) is 21.4 Å². The van der Waals surface area contributed by atoms with Crippen LogP contribution in [0.2, 0.25) is 0 Å². The van der Waals surface area contributed by atoms with E-state index in [0.29, 0.717) is 12.8 Å². The molecule has 1 aliphatic rings. The first kappa shape index (κ1) is 17.1. The van der Waals surface area contributed by atoms with Gasteiger partial charge in [0.2, 0.25) is 5.91 Å². The Balaban J connectivity index is 1.56. The average molecular weight is 367 g/mol. The van der Waals surface area contributed by atoms with Crippen LogP contribution in [-0.2, 0) is 11.2 Å². The Labute approximate surface area is 156 Å². The number of carbonyl (C=O) groups is 1. The van der Waals surface area contributed by atoms with E-state index in [0.717, 1.165) is 27.2 Å². The molecule has 3 aromatic rings. The molecule has 2 N–H and O–H groups in total. The van der Waals surface area contributed by atoms with Gasteiger partial charge in [0.05, 0.1) is 34.8 Å². The number of hydrogen-bond donors (Lipinski definition) is 2. The third kappa shape index (κ3) is 3.61. The first-order valence-electron chi connectivity index (χ1n) is 8.81. The highest BCUT2D eigenvalue weighted by molar-refractivity contribution is 7.09. The molecule has 5 nitrogen and oxygen atoms in total. The molecule has 0 spiro atoms. The normalized spacial score (nSPS) is 20.5. The third-order valence-electron chi connectivity index (χ3n) is 4.92. The van der Waals surface area contributed by atoms with Gasteiger partial charge in [0.15, 0.2) is 0 Å². The number of rotatable bonds is 5. The van der Waals surface area contributed by atoms with Crippen molar-refractivity contribution in [3.8, 4) is 0 Å². The second-order valence-electron chi connectivity index (χ2n) is 6.93. The number of para-hydroxylation sites is 1.